The molecule has 23 heavy (non-hydrogen) atoms. The van der Waals surface area contributed by atoms with Crippen LogP contribution < -0.4 is 0 Å². The van der Waals surface area contributed by atoms with Gasteiger partial charge in [-0.2, -0.15) is 8.42 Å². The highest BCUT2D eigenvalue weighted by Gasteiger charge is 2.39. The van der Waals surface area contributed by atoms with E-state index in [0.29, 0.717) is 12.8 Å². The predicted octanol–water partition coefficient (Wildman–Crippen LogP) is 2.36. The number of ether oxygens (including phenoxy) is 1. The highest BCUT2D eigenvalue weighted by atomic mass is 32.2. The molecule has 0 saturated heterocycles. The molecule has 2 unspecified atom stereocenters. The summed E-state index contributed by atoms with van der Waals surface area (Å²) in [5.74, 6) is -1.50. The SMILES string of the molecule is CCOC(=O)C(OS(=O)(=O)C1CCCCC1)C1C=CC=CC1=N. The van der Waals surface area contributed by atoms with Crippen molar-refractivity contribution in [2.24, 2.45) is 5.92 Å². The minimum atomic E-state index is -3.87. The smallest absolute Gasteiger partial charge is 0.337 e. The lowest BCUT2D eigenvalue weighted by Crippen LogP contribution is -2.41. The molecule has 0 aromatic rings. The lowest BCUT2D eigenvalue weighted by Gasteiger charge is -2.27. The zero-order valence-electron chi connectivity index (χ0n) is 13.2. The molecular formula is C16H23NO5S. The minimum absolute atomic E-state index is 0.127. The van der Waals surface area contributed by atoms with Gasteiger partial charge in [0.2, 0.25) is 0 Å². The van der Waals surface area contributed by atoms with Crippen molar-refractivity contribution in [1.29, 1.82) is 5.41 Å². The number of esters is 1. The molecule has 2 atom stereocenters. The van der Waals surface area contributed by atoms with Gasteiger partial charge in [0.15, 0.2) is 6.10 Å². The van der Waals surface area contributed by atoms with Gasteiger partial charge in [-0.05, 0) is 25.8 Å². The molecule has 0 bridgehead atoms. The Balaban J connectivity index is 2.20. The minimum Gasteiger partial charge on any atom is -0.464 e. The van der Waals surface area contributed by atoms with E-state index in [9.17, 15) is 13.2 Å². The van der Waals surface area contributed by atoms with Gasteiger partial charge in [-0.15, -0.1) is 0 Å². The summed E-state index contributed by atoms with van der Waals surface area (Å²) in [6.45, 7) is 1.77. The predicted molar refractivity (Wildman–Crippen MR) is 86.8 cm³/mol. The number of allylic oxidation sites excluding steroid dienone is 3. The van der Waals surface area contributed by atoms with Crippen LogP contribution in [-0.2, 0) is 23.8 Å². The standard InChI is InChI=1S/C16H23NO5S/c1-2-21-16(18)15(13-10-6-7-11-14(13)17)22-23(19,20)12-8-4-3-5-9-12/h6-7,10-13,15,17H,2-5,8-9H2,1H3. The van der Waals surface area contributed by atoms with Gasteiger partial charge in [-0.25, -0.2) is 4.79 Å². The summed E-state index contributed by atoms with van der Waals surface area (Å²) in [7, 11) is -3.87. The third kappa shape index (κ3) is 4.51. The van der Waals surface area contributed by atoms with Crippen molar-refractivity contribution in [2.75, 3.05) is 6.61 Å². The summed E-state index contributed by atoms with van der Waals surface area (Å²) in [6.07, 6.45) is 8.93. The molecule has 0 radical (unpaired) electrons. The van der Waals surface area contributed by atoms with E-state index in [1.165, 1.54) is 6.08 Å². The first-order valence-electron chi connectivity index (χ1n) is 7.97. The summed E-state index contributed by atoms with van der Waals surface area (Å²) in [5, 5.41) is 7.36. The number of nitrogens with one attached hydrogen (secondary N) is 1. The van der Waals surface area contributed by atoms with E-state index in [0.717, 1.165) is 19.3 Å². The first-order chi connectivity index (χ1) is 11.0. The summed E-state index contributed by atoms with van der Waals surface area (Å²) >= 11 is 0. The number of hydrogen-bond donors (Lipinski definition) is 1. The fourth-order valence-corrected chi connectivity index (χ4v) is 4.42. The lowest BCUT2D eigenvalue weighted by atomic mass is 9.93. The molecule has 0 aromatic carbocycles. The zero-order valence-corrected chi connectivity index (χ0v) is 14.1. The van der Waals surface area contributed by atoms with Crippen LogP contribution in [0.5, 0.6) is 0 Å². The Kier molecular flexibility index (Phi) is 6.12. The van der Waals surface area contributed by atoms with Crippen molar-refractivity contribution in [3.63, 3.8) is 0 Å². The van der Waals surface area contributed by atoms with E-state index in [-0.39, 0.29) is 12.3 Å². The largest absolute Gasteiger partial charge is 0.464 e. The molecule has 0 aliphatic heterocycles. The number of carbonyl (C=O) groups is 1. The molecule has 1 N–H and O–H groups in total. The topological polar surface area (TPSA) is 93.5 Å². The molecule has 128 valence electrons. The quantitative estimate of drug-likeness (QED) is 0.591. The second kappa shape index (κ2) is 7.88. The van der Waals surface area contributed by atoms with Crippen LogP contribution in [0, 0.1) is 11.3 Å². The van der Waals surface area contributed by atoms with Crippen LogP contribution in [0.15, 0.2) is 24.3 Å². The fourth-order valence-electron chi connectivity index (χ4n) is 2.87. The monoisotopic (exact) mass is 341 g/mol. The van der Waals surface area contributed by atoms with Crippen molar-refractivity contribution in [3.8, 4) is 0 Å². The van der Waals surface area contributed by atoms with Crippen molar-refractivity contribution in [1.82, 2.24) is 0 Å². The summed E-state index contributed by atoms with van der Waals surface area (Å²) in [4.78, 5) is 12.2. The van der Waals surface area contributed by atoms with Crippen molar-refractivity contribution < 1.29 is 22.1 Å². The highest BCUT2D eigenvalue weighted by Crippen LogP contribution is 2.28. The molecule has 2 aliphatic rings. The molecule has 1 saturated carbocycles. The molecular weight excluding hydrogens is 318 g/mol. The van der Waals surface area contributed by atoms with Crippen molar-refractivity contribution >= 4 is 21.8 Å². The Labute approximate surface area is 137 Å². The van der Waals surface area contributed by atoms with Gasteiger partial charge in [-0.1, -0.05) is 37.5 Å². The van der Waals surface area contributed by atoms with E-state index in [2.05, 4.69) is 0 Å². The fraction of sp³-hybridized carbons (Fsp3) is 0.625. The Morgan fingerprint density at radius 1 is 1.30 bits per heavy atom. The third-order valence-electron chi connectivity index (χ3n) is 4.11. The van der Waals surface area contributed by atoms with Gasteiger partial charge >= 0.3 is 5.97 Å². The first-order valence-corrected chi connectivity index (χ1v) is 9.45. The zero-order chi connectivity index (χ0) is 16.9. The Morgan fingerprint density at radius 2 is 2.00 bits per heavy atom. The normalized spacial score (nSPS) is 23.7. The van der Waals surface area contributed by atoms with Gasteiger partial charge in [0.05, 0.1) is 17.8 Å². The van der Waals surface area contributed by atoms with Crippen LogP contribution in [0.1, 0.15) is 39.0 Å². The molecule has 7 heteroatoms. The van der Waals surface area contributed by atoms with Crippen LogP contribution in [0.4, 0.5) is 0 Å². The van der Waals surface area contributed by atoms with E-state index >= 15 is 0 Å². The van der Waals surface area contributed by atoms with Crippen LogP contribution in [0.25, 0.3) is 0 Å². The van der Waals surface area contributed by atoms with Crippen LogP contribution in [0.3, 0.4) is 0 Å². The van der Waals surface area contributed by atoms with E-state index in [1.807, 2.05) is 0 Å². The van der Waals surface area contributed by atoms with Crippen LogP contribution in [0.2, 0.25) is 0 Å². The maximum absolute atomic E-state index is 12.5. The van der Waals surface area contributed by atoms with Gasteiger partial charge in [-0.3, -0.25) is 4.18 Å². The maximum Gasteiger partial charge on any atom is 0.337 e. The number of rotatable bonds is 6. The summed E-state index contributed by atoms with van der Waals surface area (Å²) in [6, 6.07) is 0. The Morgan fingerprint density at radius 3 is 2.61 bits per heavy atom. The molecule has 6 nitrogen and oxygen atoms in total. The second-order valence-corrected chi connectivity index (χ2v) is 7.59. The van der Waals surface area contributed by atoms with Gasteiger partial charge < -0.3 is 10.1 Å². The van der Waals surface area contributed by atoms with Crippen LogP contribution in [-0.4, -0.2) is 38.1 Å². The molecule has 0 aromatic heterocycles. The van der Waals surface area contributed by atoms with E-state index in [1.54, 1.807) is 25.2 Å². The van der Waals surface area contributed by atoms with Crippen molar-refractivity contribution in [2.45, 2.75) is 50.4 Å². The lowest BCUT2D eigenvalue weighted by molar-refractivity contribution is -0.152. The molecule has 2 rings (SSSR count). The van der Waals surface area contributed by atoms with Crippen LogP contribution >= 0.6 is 0 Å². The number of hydrogen-bond acceptors (Lipinski definition) is 6. The first kappa shape index (κ1) is 17.9. The molecule has 1 fully saturated rings. The second-order valence-electron chi connectivity index (χ2n) is 5.75. The third-order valence-corrected chi connectivity index (χ3v) is 5.87. The number of carbonyl (C=O) groups excluding carboxylic acids is 1. The highest BCUT2D eigenvalue weighted by molar-refractivity contribution is 7.87. The van der Waals surface area contributed by atoms with Gasteiger partial charge in [0, 0.05) is 5.71 Å². The maximum atomic E-state index is 12.5. The van der Waals surface area contributed by atoms with E-state index < -0.39 is 33.4 Å². The average molecular weight is 341 g/mol. The summed E-state index contributed by atoms with van der Waals surface area (Å²) < 4.78 is 35.3. The Bertz CT molecular complexity index is 602. The van der Waals surface area contributed by atoms with E-state index in [4.69, 9.17) is 14.3 Å². The van der Waals surface area contributed by atoms with Crippen molar-refractivity contribution in [3.05, 3.63) is 24.3 Å². The molecule has 0 spiro atoms. The molecule has 2 aliphatic carbocycles. The van der Waals surface area contributed by atoms with Gasteiger partial charge in [0.25, 0.3) is 10.1 Å². The molecule has 0 heterocycles. The average Bonchev–Trinajstić information content (AvgIpc) is 2.54. The molecule has 0 amide bonds. The Hall–Kier alpha value is -1.47. The van der Waals surface area contributed by atoms with Gasteiger partial charge in [0.1, 0.15) is 0 Å². The summed E-state index contributed by atoms with van der Waals surface area (Å²) in [5.41, 5.74) is 0.129.